The van der Waals surface area contributed by atoms with Crippen molar-refractivity contribution in [3.8, 4) is 0 Å². The zero-order chi connectivity index (χ0) is 12.5. The van der Waals surface area contributed by atoms with E-state index in [1.807, 2.05) is 0 Å². The first-order valence-electron chi connectivity index (χ1n) is 5.21. The Morgan fingerprint density at radius 1 is 0.765 bits per heavy atom. The lowest BCUT2D eigenvalue weighted by Crippen LogP contribution is -2.15. The second-order valence-electron chi connectivity index (χ2n) is 4.02. The average molecular weight is 253 g/mol. The highest BCUT2D eigenvalue weighted by molar-refractivity contribution is 6.25. The summed E-state index contributed by atoms with van der Waals surface area (Å²) in [6.07, 6.45) is 0. The number of rotatable bonds is 2. The van der Waals surface area contributed by atoms with Crippen molar-refractivity contribution >= 4 is 11.6 Å². The summed E-state index contributed by atoms with van der Waals surface area (Å²) in [5.41, 5.74) is 1.54. The molecule has 0 unspecified atom stereocenters. The van der Waals surface area contributed by atoms with Gasteiger partial charge in [0.25, 0.3) is 0 Å². The predicted octanol–water partition coefficient (Wildman–Crippen LogP) is 4.47. The highest BCUT2D eigenvalue weighted by atomic mass is 35.5. The van der Waals surface area contributed by atoms with Crippen LogP contribution in [0.5, 0.6) is 0 Å². The quantitative estimate of drug-likeness (QED) is 0.692. The fourth-order valence-electron chi connectivity index (χ4n) is 1.69. The molecule has 3 heteroatoms. The van der Waals surface area contributed by atoms with Crippen LogP contribution in [0.25, 0.3) is 0 Å². The Hall–Kier alpha value is -1.41. The summed E-state index contributed by atoms with van der Waals surface area (Å²) >= 11 is 6.45. The van der Waals surface area contributed by atoms with Gasteiger partial charge in [0.05, 0.1) is 4.87 Å². The normalized spacial score (nSPS) is 11.5. The molecule has 0 aromatic heterocycles. The van der Waals surface area contributed by atoms with E-state index >= 15 is 0 Å². The molecule has 0 radical (unpaired) electrons. The van der Waals surface area contributed by atoms with Gasteiger partial charge in [-0.1, -0.05) is 24.3 Å². The van der Waals surface area contributed by atoms with Gasteiger partial charge in [0.2, 0.25) is 0 Å². The Bertz CT molecular complexity index is 453. The van der Waals surface area contributed by atoms with Crippen LogP contribution >= 0.6 is 11.6 Å². The molecule has 0 N–H and O–H groups in total. The summed E-state index contributed by atoms with van der Waals surface area (Å²) in [4.78, 5) is -0.790. The molecule has 2 aromatic rings. The minimum Gasteiger partial charge on any atom is -0.207 e. The largest absolute Gasteiger partial charge is 0.207 e. The number of alkyl halides is 1. The molecule has 0 bridgehead atoms. The van der Waals surface area contributed by atoms with Crippen molar-refractivity contribution in [3.63, 3.8) is 0 Å². The van der Waals surface area contributed by atoms with Crippen LogP contribution in [0.1, 0.15) is 18.1 Å². The first-order chi connectivity index (χ1) is 8.00. The van der Waals surface area contributed by atoms with Crippen LogP contribution in [0.2, 0.25) is 0 Å². The molecule has 0 atom stereocenters. The Morgan fingerprint density at radius 2 is 1.06 bits per heavy atom. The first kappa shape index (κ1) is 12.1. The maximum Gasteiger partial charge on any atom is 0.123 e. The van der Waals surface area contributed by atoms with E-state index in [4.69, 9.17) is 11.6 Å². The van der Waals surface area contributed by atoms with Gasteiger partial charge in [0.15, 0.2) is 0 Å². The molecular formula is C14H11ClF2. The van der Waals surface area contributed by atoms with Gasteiger partial charge in [0.1, 0.15) is 11.6 Å². The lowest BCUT2D eigenvalue weighted by molar-refractivity contribution is 0.624. The summed E-state index contributed by atoms with van der Waals surface area (Å²) in [5.74, 6) is -0.611. The van der Waals surface area contributed by atoms with E-state index < -0.39 is 4.87 Å². The number of benzene rings is 2. The van der Waals surface area contributed by atoms with Crippen molar-refractivity contribution in [2.75, 3.05) is 0 Å². The third-order valence-electron chi connectivity index (χ3n) is 2.77. The fourth-order valence-corrected chi connectivity index (χ4v) is 1.94. The topological polar surface area (TPSA) is 0 Å². The van der Waals surface area contributed by atoms with Crippen molar-refractivity contribution in [1.82, 2.24) is 0 Å². The van der Waals surface area contributed by atoms with Gasteiger partial charge >= 0.3 is 0 Å². The van der Waals surface area contributed by atoms with E-state index in [1.165, 1.54) is 24.3 Å². The first-order valence-corrected chi connectivity index (χ1v) is 5.59. The smallest absolute Gasteiger partial charge is 0.123 e. The fraction of sp³-hybridized carbons (Fsp3) is 0.143. The molecule has 0 amide bonds. The lowest BCUT2D eigenvalue weighted by atomic mass is 9.92. The van der Waals surface area contributed by atoms with Crippen LogP contribution in [-0.2, 0) is 4.87 Å². The van der Waals surface area contributed by atoms with E-state index in [-0.39, 0.29) is 11.6 Å². The predicted molar refractivity (Wildman–Crippen MR) is 65.1 cm³/mol. The van der Waals surface area contributed by atoms with Crippen molar-refractivity contribution < 1.29 is 8.78 Å². The summed E-state index contributed by atoms with van der Waals surface area (Å²) in [7, 11) is 0. The van der Waals surface area contributed by atoms with E-state index in [2.05, 4.69) is 0 Å². The Labute approximate surface area is 104 Å². The second kappa shape index (κ2) is 4.46. The van der Waals surface area contributed by atoms with Gasteiger partial charge in [0, 0.05) is 0 Å². The second-order valence-corrected chi connectivity index (χ2v) is 4.77. The molecule has 0 aliphatic heterocycles. The van der Waals surface area contributed by atoms with Crippen LogP contribution in [-0.4, -0.2) is 0 Å². The zero-order valence-corrected chi connectivity index (χ0v) is 10.0. The number of hydrogen-bond acceptors (Lipinski definition) is 0. The minimum absolute atomic E-state index is 0.305. The number of halogens is 3. The Balaban J connectivity index is 2.41. The molecule has 17 heavy (non-hydrogen) atoms. The molecule has 0 spiro atoms. The van der Waals surface area contributed by atoms with Gasteiger partial charge in [-0.25, -0.2) is 8.78 Å². The van der Waals surface area contributed by atoms with Gasteiger partial charge < -0.3 is 0 Å². The molecule has 0 aliphatic carbocycles. The van der Waals surface area contributed by atoms with Crippen molar-refractivity contribution in [2.24, 2.45) is 0 Å². The molecule has 2 aromatic carbocycles. The third-order valence-corrected chi connectivity index (χ3v) is 3.21. The van der Waals surface area contributed by atoms with Crippen molar-refractivity contribution in [1.29, 1.82) is 0 Å². The van der Waals surface area contributed by atoms with E-state index in [0.29, 0.717) is 0 Å². The highest BCUT2D eigenvalue weighted by Gasteiger charge is 2.25. The number of hydrogen-bond donors (Lipinski definition) is 0. The van der Waals surface area contributed by atoms with Gasteiger partial charge in [-0.3, -0.25) is 0 Å². The highest BCUT2D eigenvalue weighted by Crippen LogP contribution is 2.36. The molecule has 0 nitrogen and oxygen atoms in total. The van der Waals surface area contributed by atoms with Crippen LogP contribution in [0.15, 0.2) is 48.5 Å². The van der Waals surface area contributed by atoms with E-state index in [1.54, 1.807) is 31.2 Å². The van der Waals surface area contributed by atoms with Crippen LogP contribution in [0, 0.1) is 11.6 Å². The van der Waals surface area contributed by atoms with Crippen LogP contribution in [0.3, 0.4) is 0 Å². The summed E-state index contributed by atoms with van der Waals surface area (Å²) in [5, 5.41) is 0. The van der Waals surface area contributed by atoms with Gasteiger partial charge in [-0.05, 0) is 42.3 Å². The molecule has 2 rings (SSSR count). The summed E-state index contributed by atoms with van der Waals surface area (Å²) < 4.78 is 25.7. The molecule has 0 fully saturated rings. The standard InChI is InChI=1S/C14H11ClF2/c1-14(15,10-2-6-12(16)7-3-10)11-4-8-13(17)9-5-11/h2-9H,1H3. The Kier molecular flexibility index (Phi) is 3.16. The summed E-state index contributed by atoms with van der Waals surface area (Å²) in [6, 6.07) is 12.0. The van der Waals surface area contributed by atoms with Crippen molar-refractivity contribution in [3.05, 3.63) is 71.3 Å². The maximum absolute atomic E-state index is 12.8. The minimum atomic E-state index is -0.790. The average Bonchev–Trinajstić information content (AvgIpc) is 2.30. The Morgan fingerprint density at radius 3 is 1.35 bits per heavy atom. The molecule has 0 saturated carbocycles. The maximum atomic E-state index is 12.8. The SMILES string of the molecule is CC(Cl)(c1ccc(F)cc1)c1ccc(F)cc1. The monoisotopic (exact) mass is 252 g/mol. The zero-order valence-electron chi connectivity index (χ0n) is 9.25. The van der Waals surface area contributed by atoms with Crippen LogP contribution < -0.4 is 0 Å². The lowest BCUT2D eigenvalue weighted by Gasteiger charge is -2.23. The molecule has 88 valence electrons. The molecule has 0 heterocycles. The van der Waals surface area contributed by atoms with Crippen LogP contribution in [0.4, 0.5) is 8.78 Å². The van der Waals surface area contributed by atoms with E-state index in [0.717, 1.165) is 11.1 Å². The molecule has 0 aliphatic rings. The summed E-state index contributed by atoms with van der Waals surface area (Å²) in [6.45, 7) is 1.80. The molecule has 0 saturated heterocycles. The van der Waals surface area contributed by atoms with Gasteiger partial charge in [-0.2, -0.15) is 0 Å². The molecular weight excluding hydrogens is 242 g/mol. The van der Waals surface area contributed by atoms with Crippen molar-refractivity contribution in [2.45, 2.75) is 11.8 Å². The van der Waals surface area contributed by atoms with Gasteiger partial charge in [-0.15, -0.1) is 11.6 Å². The third kappa shape index (κ3) is 2.47. The van der Waals surface area contributed by atoms with E-state index in [9.17, 15) is 8.78 Å².